The van der Waals surface area contributed by atoms with Gasteiger partial charge in [0, 0.05) is 16.5 Å². The zero-order valence-electron chi connectivity index (χ0n) is 12.9. The lowest BCUT2D eigenvalue weighted by Crippen LogP contribution is -2.19. The summed E-state index contributed by atoms with van der Waals surface area (Å²) in [6.45, 7) is 6.53. The number of aryl methyl sites for hydroxylation is 1. The zero-order valence-corrected chi connectivity index (χ0v) is 14.5. The fraction of sp³-hybridized carbons (Fsp3) is 0.412. The Morgan fingerprint density at radius 3 is 2.81 bits per heavy atom. The second kappa shape index (κ2) is 5.93. The van der Waals surface area contributed by atoms with Gasteiger partial charge < -0.3 is 10.1 Å². The predicted octanol–water partition coefficient (Wildman–Crippen LogP) is 5.41. The Balaban J connectivity index is 1.92. The van der Waals surface area contributed by atoms with E-state index in [1.54, 1.807) is 7.11 Å². The van der Waals surface area contributed by atoms with Crippen LogP contribution in [0.25, 0.3) is 0 Å². The van der Waals surface area contributed by atoms with Crippen LogP contribution in [0, 0.1) is 13.8 Å². The SMILES string of the molecule is COc1c(C)ccc(NC2C[C@H](C)Sc3sccc32)c1C. The van der Waals surface area contributed by atoms with E-state index in [9.17, 15) is 0 Å². The first-order chi connectivity index (χ1) is 10.1. The first-order valence-electron chi connectivity index (χ1n) is 7.25. The van der Waals surface area contributed by atoms with Crippen molar-refractivity contribution in [2.75, 3.05) is 12.4 Å². The number of anilines is 1. The summed E-state index contributed by atoms with van der Waals surface area (Å²) in [5.74, 6) is 0.990. The van der Waals surface area contributed by atoms with Gasteiger partial charge in [0.15, 0.2) is 0 Å². The number of hydrogen-bond donors (Lipinski definition) is 1. The van der Waals surface area contributed by atoms with Gasteiger partial charge in [-0.2, -0.15) is 0 Å². The van der Waals surface area contributed by atoms with E-state index in [4.69, 9.17) is 4.74 Å². The Morgan fingerprint density at radius 1 is 1.24 bits per heavy atom. The van der Waals surface area contributed by atoms with Gasteiger partial charge in [-0.25, -0.2) is 0 Å². The van der Waals surface area contributed by atoms with E-state index in [-0.39, 0.29) is 0 Å². The molecule has 2 heterocycles. The van der Waals surface area contributed by atoms with Gasteiger partial charge in [0.1, 0.15) is 5.75 Å². The van der Waals surface area contributed by atoms with Crippen molar-refractivity contribution < 1.29 is 4.74 Å². The Bertz CT molecular complexity index is 650. The third kappa shape index (κ3) is 2.79. The van der Waals surface area contributed by atoms with E-state index >= 15 is 0 Å². The molecular weight excluding hydrogens is 298 g/mol. The number of rotatable bonds is 3. The van der Waals surface area contributed by atoms with E-state index in [0.29, 0.717) is 11.3 Å². The van der Waals surface area contributed by atoms with E-state index in [0.717, 1.165) is 12.2 Å². The van der Waals surface area contributed by atoms with E-state index < -0.39 is 0 Å². The van der Waals surface area contributed by atoms with Crippen LogP contribution in [0.4, 0.5) is 5.69 Å². The number of fused-ring (bicyclic) bond motifs is 1. The van der Waals surface area contributed by atoms with Crippen LogP contribution in [0.15, 0.2) is 27.8 Å². The lowest BCUT2D eigenvalue weighted by atomic mass is 10.0. The fourth-order valence-electron chi connectivity index (χ4n) is 2.97. The van der Waals surface area contributed by atoms with Crippen LogP contribution >= 0.6 is 23.1 Å². The molecule has 112 valence electrons. The van der Waals surface area contributed by atoms with Gasteiger partial charge >= 0.3 is 0 Å². The summed E-state index contributed by atoms with van der Waals surface area (Å²) in [4.78, 5) is 0. The zero-order chi connectivity index (χ0) is 15.0. The number of benzene rings is 1. The van der Waals surface area contributed by atoms with Crippen LogP contribution in [0.3, 0.4) is 0 Å². The van der Waals surface area contributed by atoms with Gasteiger partial charge in [-0.15, -0.1) is 23.1 Å². The first-order valence-corrected chi connectivity index (χ1v) is 9.01. The summed E-state index contributed by atoms with van der Waals surface area (Å²) in [6, 6.07) is 6.96. The fourth-order valence-corrected chi connectivity index (χ4v) is 5.54. The molecule has 1 unspecified atom stereocenters. The second-order valence-corrected chi connectivity index (χ2v) is 8.24. The molecule has 0 saturated heterocycles. The summed E-state index contributed by atoms with van der Waals surface area (Å²) in [6.07, 6.45) is 1.16. The minimum Gasteiger partial charge on any atom is -0.496 e. The molecular formula is C17H21NOS2. The van der Waals surface area contributed by atoms with Crippen molar-refractivity contribution in [2.24, 2.45) is 0 Å². The molecule has 0 fully saturated rings. The van der Waals surface area contributed by atoms with Gasteiger partial charge in [0.2, 0.25) is 0 Å². The van der Waals surface area contributed by atoms with Gasteiger partial charge in [-0.05, 0) is 48.9 Å². The number of hydrogen-bond acceptors (Lipinski definition) is 4. The van der Waals surface area contributed by atoms with Crippen molar-refractivity contribution in [3.63, 3.8) is 0 Å². The maximum atomic E-state index is 5.54. The molecule has 1 aliphatic rings. The minimum absolute atomic E-state index is 0.397. The maximum Gasteiger partial charge on any atom is 0.126 e. The Morgan fingerprint density at radius 2 is 2.05 bits per heavy atom. The largest absolute Gasteiger partial charge is 0.496 e. The second-order valence-electron chi connectivity index (χ2n) is 5.61. The molecule has 1 N–H and O–H groups in total. The minimum atomic E-state index is 0.397. The van der Waals surface area contributed by atoms with Crippen molar-refractivity contribution in [2.45, 2.75) is 42.7 Å². The third-order valence-corrected chi connectivity index (χ3v) is 6.39. The molecule has 3 rings (SSSR count). The highest BCUT2D eigenvalue weighted by Gasteiger charge is 2.26. The molecule has 2 nitrogen and oxygen atoms in total. The van der Waals surface area contributed by atoms with Gasteiger partial charge in [-0.3, -0.25) is 0 Å². The van der Waals surface area contributed by atoms with Crippen molar-refractivity contribution in [1.82, 2.24) is 0 Å². The lowest BCUT2D eigenvalue weighted by molar-refractivity contribution is 0.408. The molecule has 0 saturated carbocycles. The Labute approximate surface area is 134 Å². The van der Waals surface area contributed by atoms with Crippen molar-refractivity contribution in [3.8, 4) is 5.75 Å². The number of ether oxygens (including phenoxy) is 1. The van der Waals surface area contributed by atoms with Crippen LogP contribution in [0.2, 0.25) is 0 Å². The molecule has 2 atom stereocenters. The normalized spacial score (nSPS) is 21.0. The summed E-state index contributed by atoms with van der Waals surface area (Å²) in [5.41, 5.74) is 5.00. The summed E-state index contributed by atoms with van der Waals surface area (Å²) in [7, 11) is 1.75. The number of thiophene rings is 1. The third-order valence-electron chi connectivity index (χ3n) is 4.05. The molecule has 0 amide bonds. The van der Waals surface area contributed by atoms with Crippen LogP contribution < -0.4 is 10.1 Å². The first kappa shape index (κ1) is 14.8. The average molecular weight is 319 g/mol. The maximum absolute atomic E-state index is 5.54. The van der Waals surface area contributed by atoms with Crippen LogP contribution in [0.5, 0.6) is 5.75 Å². The van der Waals surface area contributed by atoms with E-state index in [1.165, 1.54) is 26.6 Å². The molecule has 0 spiro atoms. The summed E-state index contributed by atoms with van der Waals surface area (Å²) in [5, 5.41) is 6.59. The molecule has 0 aliphatic carbocycles. The van der Waals surface area contributed by atoms with Crippen molar-refractivity contribution in [1.29, 1.82) is 0 Å². The van der Waals surface area contributed by atoms with Crippen molar-refractivity contribution in [3.05, 3.63) is 40.3 Å². The molecule has 1 aromatic carbocycles. The molecule has 2 aromatic rings. The Kier molecular flexibility index (Phi) is 4.18. The van der Waals surface area contributed by atoms with Crippen LogP contribution in [0.1, 0.15) is 36.1 Å². The number of nitrogens with one attached hydrogen (secondary N) is 1. The predicted molar refractivity (Wildman–Crippen MR) is 93.1 cm³/mol. The molecule has 0 radical (unpaired) electrons. The number of thioether (sulfide) groups is 1. The highest BCUT2D eigenvalue weighted by molar-refractivity contribution is 8.01. The van der Waals surface area contributed by atoms with Crippen LogP contribution in [-0.2, 0) is 0 Å². The molecule has 0 bridgehead atoms. The lowest BCUT2D eigenvalue weighted by Gasteiger charge is -2.29. The highest BCUT2D eigenvalue weighted by atomic mass is 32.2. The van der Waals surface area contributed by atoms with Gasteiger partial charge in [0.25, 0.3) is 0 Å². The monoisotopic (exact) mass is 319 g/mol. The Hall–Kier alpha value is -1.13. The summed E-state index contributed by atoms with van der Waals surface area (Å²) >= 11 is 3.86. The average Bonchev–Trinajstić information content (AvgIpc) is 2.90. The quantitative estimate of drug-likeness (QED) is 0.817. The standard InChI is InChI=1S/C17H21NOS2/c1-10-5-6-14(12(3)16(10)19-4)18-15-9-11(2)21-17-13(15)7-8-20-17/h5-8,11,15,18H,9H2,1-4H3/t11-,15?/m0/s1. The van der Waals surface area contributed by atoms with Crippen LogP contribution in [-0.4, -0.2) is 12.4 Å². The highest BCUT2D eigenvalue weighted by Crippen LogP contribution is 2.45. The van der Waals surface area contributed by atoms with Gasteiger partial charge in [0.05, 0.1) is 17.4 Å². The van der Waals surface area contributed by atoms with E-state index in [1.807, 2.05) is 23.1 Å². The summed E-state index contributed by atoms with van der Waals surface area (Å²) < 4.78 is 7.00. The topological polar surface area (TPSA) is 21.3 Å². The molecule has 1 aromatic heterocycles. The van der Waals surface area contributed by atoms with Gasteiger partial charge in [-0.1, -0.05) is 13.0 Å². The molecule has 1 aliphatic heterocycles. The molecule has 21 heavy (non-hydrogen) atoms. The van der Waals surface area contributed by atoms with E-state index in [2.05, 4.69) is 49.7 Å². The molecule has 4 heteroatoms. The van der Waals surface area contributed by atoms with Crippen molar-refractivity contribution >= 4 is 28.8 Å². The number of methoxy groups -OCH3 is 1. The smallest absolute Gasteiger partial charge is 0.126 e.